The molecule has 3 rings (SSSR count). The molecule has 0 atom stereocenters. The van der Waals surface area contributed by atoms with E-state index in [9.17, 15) is 22.4 Å². The Kier molecular flexibility index (Phi) is 3.84. The molecule has 0 spiro atoms. The summed E-state index contributed by atoms with van der Waals surface area (Å²) < 4.78 is 59.1. The van der Waals surface area contributed by atoms with Crippen molar-refractivity contribution in [3.63, 3.8) is 0 Å². The summed E-state index contributed by atoms with van der Waals surface area (Å²) >= 11 is 0. The number of nitrogens with zero attached hydrogens (tertiary/aromatic N) is 1. The Bertz CT molecular complexity index is 956. The average Bonchev–Trinajstić information content (AvgIpc) is 2.92. The fraction of sp³-hybridized carbons (Fsp3) is 0.0667. The summed E-state index contributed by atoms with van der Waals surface area (Å²) in [5.41, 5.74) is -1.37. The van der Waals surface area contributed by atoms with Crippen LogP contribution in [0.25, 0.3) is 11.1 Å². The van der Waals surface area contributed by atoms with Gasteiger partial charge < -0.3 is 14.8 Å². The lowest BCUT2D eigenvalue weighted by Gasteiger charge is -2.01. The molecule has 0 aliphatic heterocycles. The third-order valence-corrected chi connectivity index (χ3v) is 3.15. The highest BCUT2D eigenvalue weighted by Crippen LogP contribution is 2.29. The van der Waals surface area contributed by atoms with Crippen molar-refractivity contribution in [2.45, 2.75) is 6.42 Å². The SMILES string of the molecule is O=C(O)Cc1cc(F)c2oc(Nc3ccc(F)c(F)c3)nc2c1F. The van der Waals surface area contributed by atoms with Crippen molar-refractivity contribution in [1.29, 1.82) is 0 Å². The second-order valence-corrected chi connectivity index (χ2v) is 4.85. The molecule has 2 aromatic carbocycles. The third kappa shape index (κ3) is 2.87. The number of aliphatic carboxylic acids is 1. The zero-order valence-electron chi connectivity index (χ0n) is 11.7. The fourth-order valence-corrected chi connectivity index (χ4v) is 2.11. The molecule has 0 aliphatic rings. The highest BCUT2D eigenvalue weighted by molar-refractivity contribution is 5.80. The molecule has 1 aromatic heterocycles. The molecule has 2 N–H and O–H groups in total. The predicted octanol–water partition coefficient (Wildman–Crippen LogP) is 3.75. The molecule has 0 aliphatic carbocycles. The Hall–Kier alpha value is -3.10. The molecule has 1 heterocycles. The van der Waals surface area contributed by atoms with Gasteiger partial charge in [-0.1, -0.05) is 0 Å². The zero-order chi connectivity index (χ0) is 17.4. The van der Waals surface area contributed by atoms with Crippen LogP contribution in [0.1, 0.15) is 5.56 Å². The molecular weight excluding hydrogens is 332 g/mol. The van der Waals surface area contributed by atoms with E-state index in [0.29, 0.717) is 6.07 Å². The second-order valence-electron chi connectivity index (χ2n) is 4.85. The summed E-state index contributed by atoms with van der Waals surface area (Å²) in [6.45, 7) is 0. The molecule has 3 aromatic rings. The van der Waals surface area contributed by atoms with E-state index < -0.39 is 46.8 Å². The Morgan fingerprint density at radius 3 is 2.54 bits per heavy atom. The zero-order valence-corrected chi connectivity index (χ0v) is 11.7. The molecule has 124 valence electrons. The van der Waals surface area contributed by atoms with Gasteiger partial charge in [0.25, 0.3) is 6.01 Å². The number of hydrogen-bond donors (Lipinski definition) is 2. The Morgan fingerprint density at radius 2 is 1.88 bits per heavy atom. The van der Waals surface area contributed by atoms with Crippen molar-refractivity contribution >= 4 is 28.8 Å². The molecule has 0 bridgehead atoms. The highest BCUT2D eigenvalue weighted by Gasteiger charge is 2.20. The Morgan fingerprint density at radius 1 is 1.12 bits per heavy atom. The molecule has 0 saturated carbocycles. The van der Waals surface area contributed by atoms with Crippen LogP contribution in [0.4, 0.5) is 29.3 Å². The van der Waals surface area contributed by atoms with E-state index in [0.717, 1.165) is 12.1 Å². The van der Waals surface area contributed by atoms with E-state index in [1.165, 1.54) is 6.07 Å². The number of anilines is 2. The second kappa shape index (κ2) is 5.84. The molecule has 0 unspecified atom stereocenters. The van der Waals surface area contributed by atoms with Crippen LogP contribution in [0.2, 0.25) is 0 Å². The van der Waals surface area contributed by atoms with Crippen LogP contribution in [-0.4, -0.2) is 16.1 Å². The van der Waals surface area contributed by atoms with Crippen molar-refractivity contribution in [2.75, 3.05) is 5.32 Å². The van der Waals surface area contributed by atoms with Gasteiger partial charge in [-0.3, -0.25) is 4.79 Å². The van der Waals surface area contributed by atoms with Crippen LogP contribution < -0.4 is 5.32 Å². The van der Waals surface area contributed by atoms with Gasteiger partial charge in [-0.2, -0.15) is 4.98 Å². The fourth-order valence-electron chi connectivity index (χ4n) is 2.11. The summed E-state index contributed by atoms with van der Waals surface area (Å²) in [5.74, 6) is -5.55. The number of rotatable bonds is 4. The van der Waals surface area contributed by atoms with Crippen molar-refractivity contribution in [3.05, 3.63) is 53.1 Å². The molecule has 0 saturated heterocycles. The van der Waals surface area contributed by atoms with Crippen molar-refractivity contribution in [1.82, 2.24) is 4.98 Å². The first kappa shape index (κ1) is 15.8. The number of carboxylic acid groups (broad SMARTS) is 1. The highest BCUT2D eigenvalue weighted by atomic mass is 19.2. The molecular formula is C15H8F4N2O3. The largest absolute Gasteiger partial charge is 0.481 e. The van der Waals surface area contributed by atoms with E-state index in [-0.39, 0.29) is 17.3 Å². The molecule has 5 nitrogen and oxygen atoms in total. The maximum Gasteiger partial charge on any atom is 0.307 e. The number of hydrogen-bond acceptors (Lipinski definition) is 4. The first-order valence-electron chi connectivity index (χ1n) is 6.56. The van der Waals surface area contributed by atoms with Gasteiger partial charge in [-0.15, -0.1) is 0 Å². The van der Waals surface area contributed by atoms with Gasteiger partial charge in [-0.25, -0.2) is 17.6 Å². The number of nitrogens with one attached hydrogen (secondary N) is 1. The average molecular weight is 340 g/mol. The van der Waals surface area contributed by atoms with Gasteiger partial charge in [0.2, 0.25) is 0 Å². The summed E-state index contributed by atoms with van der Waals surface area (Å²) in [6, 6.07) is 3.19. The molecule has 24 heavy (non-hydrogen) atoms. The third-order valence-electron chi connectivity index (χ3n) is 3.15. The van der Waals surface area contributed by atoms with Crippen LogP contribution >= 0.6 is 0 Å². The minimum atomic E-state index is -1.34. The van der Waals surface area contributed by atoms with Gasteiger partial charge in [0, 0.05) is 17.3 Å². The predicted molar refractivity (Wildman–Crippen MR) is 74.9 cm³/mol. The lowest BCUT2D eigenvalue weighted by Crippen LogP contribution is -2.03. The van der Waals surface area contributed by atoms with E-state index in [2.05, 4.69) is 10.3 Å². The molecule has 0 fully saturated rings. The van der Waals surface area contributed by atoms with E-state index in [1.54, 1.807) is 0 Å². The first-order valence-corrected chi connectivity index (χ1v) is 6.56. The van der Waals surface area contributed by atoms with Crippen molar-refractivity contribution < 1.29 is 31.9 Å². The lowest BCUT2D eigenvalue weighted by molar-refractivity contribution is -0.136. The van der Waals surface area contributed by atoms with Crippen LogP contribution in [0.15, 0.2) is 28.7 Å². The molecule has 9 heteroatoms. The summed E-state index contributed by atoms with van der Waals surface area (Å²) in [6.07, 6.45) is -0.725. The number of carbonyl (C=O) groups is 1. The quantitative estimate of drug-likeness (QED) is 0.708. The minimum absolute atomic E-state index is 0.0482. The van der Waals surface area contributed by atoms with Crippen LogP contribution in [-0.2, 0) is 11.2 Å². The normalized spacial score (nSPS) is 11.0. The van der Waals surface area contributed by atoms with Gasteiger partial charge >= 0.3 is 5.97 Å². The standard InChI is InChI=1S/C15H8F4N2O3/c16-8-2-1-7(5-9(8)17)20-15-21-13-12(19)6(4-11(22)23)3-10(18)14(13)24-15/h1-3,5H,4H2,(H,20,21)(H,22,23). The first-order chi connectivity index (χ1) is 11.3. The maximum atomic E-state index is 14.2. The summed E-state index contributed by atoms with van der Waals surface area (Å²) in [5, 5.41) is 11.1. The number of fused-ring (bicyclic) bond motifs is 1. The monoisotopic (exact) mass is 340 g/mol. The van der Waals surface area contributed by atoms with E-state index in [4.69, 9.17) is 9.52 Å². The van der Waals surface area contributed by atoms with E-state index in [1.807, 2.05) is 0 Å². The number of halogens is 4. The topological polar surface area (TPSA) is 75.4 Å². The Labute approximate surface area is 131 Å². The lowest BCUT2D eigenvalue weighted by atomic mass is 10.1. The maximum absolute atomic E-state index is 14.2. The minimum Gasteiger partial charge on any atom is -0.481 e. The van der Waals surface area contributed by atoms with Crippen LogP contribution in [0.5, 0.6) is 0 Å². The van der Waals surface area contributed by atoms with Crippen LogP contribution in [0.3, 0.4) is 0 Å². The van der Waals surface area contributed by atoms with Gasteiger partial charge in [-0.05, 0) is 18.2 Å². The van der Waals surface area contributed by atoms with Gasteiger partial charge in [0.15, 0.2) is 34.4 Å². The van der Waals surface area contributed by atoms with Crippen molar-refractivity contribution in [3.8, 4) is 0 Å². The number of aromatic nitrogens is 1. The van der Waals surface area contributed by atoms with Crippen molar-refractivity contribution in [2.24, 2.45) is 0 Å². The summed E-state index contributed by atoms with van der Waals surface area (Å²) in [4.78, 5) is 14.3. The number of carboxylic acids is 1. The number of oxazole rings is 1. The molecule has 0 radical (unpaired) electrons. The smallest absolute Gasteiger partial charge is 0.307 e. The van der Waals surface area contributed by atoms with Gasteiger partial charge in [0.05, 0.1) is 6.42 Å². The number of benzene rings is 2. The van der Waals surface area contributed by atoms with Gasteiger partial charge in [0.1, 0.15) is 0 Å². The Balaban J connectivity index is 2.01. The summed E-state index contributed by atoms with van der Waals surface area (Å²) in [7, 11) is 0. The van der Waals surface area contributed by atoms with E-state index >= 15 is 0 Å². The van der Waals surface area contributed by atoms with Crippen LogP contribution in [0, 0.1) is 23.3 Å². The molecule has 0 amide bonds.